The summed E-state index contributed by atoms with van der Waals surface area (Å²) >= 11 is 0. The summed E-state index contributed by atoms with van der Waals surface area (Å²) in [6.07, 6.45) is 0.720. The molecule has 0 radical (unpaired) electrons. The molecule has 9 nitrogen and oxygen atoms in total. The van der Waals surface area contributed by atoms with Gasteiger partial charge in [0.1, 0.15) is 6.61 Å². The van der Waals surface area contributed by atoms with Crippen molar-refractivity contribution in [3.05, 3.63) is 125 Å². The normalized spacial score (nSPS) is 13.4. The Balaban J connectivity index is 1.13. The van der Waals surface area contributed by atoms with Gasteiger partial charge in [0, 0.05) is 18.7 Å². The molecule has 1 aliphatic carbocycles. The Kier molecular flexibility index (Phi) is 6.99. The van der Waals surface area contributed by atoms with Crippen LogP contribution in [0, 0.1) is 0 Å². The van der Waals surface area contributed by atoms with E-state index in [-0.39, 0.29) is 43.2 Å². The second-order valence-electron chi connectivity index (χ2n) is 9.71. The summed E-state index contributed by atoms with van der Waals surface area (Å²) in [5, 5.41) is 0.462. The Labute approximate surface area is 235 Å². The van der Waals surface area contributed by atoms with Crippen molar-refractivity contribution in [3.63, 3.8) is 0 Å². The first kappa shape index (κ1) is 25.9. The number of amides is 3. The van der Waals surface area contributed by atoms with Crippen LogP contribution in [0.1, 0.15) is 49.9 Å². The maximum absolute atomic E-state index is 13.3. The van der Waals surface area contributed by atoms with Crippen molar-refractivity contribution in [2.75, 3.05) is 13.2 Å². The van der Waals surface area contributed by atoms with Crippen LogP contribution in [0.25, 0.3) is 11.1 Å². The average molecular weight is 548 g/mol. The van der Waals surface area contributed by atoms with Crippen LogP contribution in [0.4, 0.5) is 4.79 Å². The fraction of sp³-hybridized carbons (Fsp3) is 0.156. The molecular weight excluding hydrogens is 522 g/mol. The van der Waals surface area contributed by atoms with Gasteiger partial charge in [0.05, 0.1) is 29.8 Å². The van der Waals surface area contributed by atoms with Crippen LogP contribution in [-0.2, 0) is 20.9 Å². The van der Waals surface area contributed by atoms with Gasteiger partial charge >= 0.3 is 12.1 Å². The third-order valence-corrected chi connectivity index (χ3v) is 7.21. The van der Waals surface area contributed by atoms with E-state index in [9.17, 15) is 19.2 Å². The quantitative estimate of drug-likeness (QED) is 0.287. The summed E-state index contributed by atoms with van der Waals surface area (Å²) < 4.78 is 5.80. The summed E-state index contributed by atoms with van der Waals surface area (Å²) in [6.45, 7) is 0.137. The monoisotopic (exact) mass is 547 g/mol. The number of fused-ring (bicyclic) bond motifs is 4. The number of hydrogen-bond acceptors (Lipinski definition) is 7. The summed E-state index contributed by atoms with van der Waals surface area (Å²) in [7, 11) is 0. The fourth-order valence-corrected chi connectivity index (χ4v) is 5.23. The molecule has 1 aliphatic heterocycles. The van der Waals surface area contributed by atoms with Gasteiger partial charge in [-0.3, -0.25) is 14.6 Å². The van der Waals surface area contributed by atoms with Crippen molar-refractivity contribution >= 4 is 23.9 Å². The number of ether oxygens (including phenoxy) is 1. The molecule has 0 saturated carbocycles. The molecule has 3 aromatic carbocycles. The number of hydroxylamine groups is 2. The minimum absolute atomic E-state index is 0.0742. The highest BCUT2D eigenvalue weighted by Gasteiger charge is 2.38. The van der Waals surface area contributed by atoms with E-state index in [2.05, 4.69) is 17.1 Å². The molecule has 0 N–H and O–H groups in total. The zero-order valence-corrected chi connectivity index (χ0v) is 21.9. The van der Waals surface area contributed by atoms with E-state index in [0.29, 0.717) is 10.8 Å². The van der Waals surface area contributed by atoms with Crippen molar-refractivity contribution < 1.29 is 28.8 Å². The maximum atomic E-state index is 13.3. The first-order valence-electron chi connectivity index (χ1n) is 13.2. The summed E-state index contributed by atoms with van der Waals surface area (Å²) in [5.74, 6) is -2.37. The van der Waals surface area contributed by atoms with Gasteiger partial charge in [-0.1, -0.05) is 71.8 Å². The lowest BCUT2D eigenvalue weighted by Gasteiger charge is -2.23. The minimum Gasteiger partial charge on any atom is -0.448 e. The van der Waals surface area contributed by atoms with Gasteiger partial charge in [-0.15, -0.1) is 0 Å². The highest BCUT2D eigenvalue weighted by atomic mass is 16.7. The lowest BCUT2D eigenvalue weighted by molar-refractivity contribution is -0.168. The molecule has 0 unspecified atom stereocenters. The number of pyridine rings is 1. The third kappa shape index (κ3) is 5.05. The van der Waals surface area contributed by atoms with E-state index in [1.165, 1.54) is 17.0 Å². The van der Waals surface area contributed by atoms with Crippen molar-refractivity contribution in [3.8, 4) is 11.1 Å². The first-order chi connectivity index (χ1) is 20.0. The lowest BCUT2D eigenvalue weighted by atomic mass is 9.98. The molecule has 2 heterocycles. The Morgan fingerprint density at radius 2 is 1.32 bits per heavy atom. The molecule has 204 valence electrons. The number of benzene rings is 3. The van der Waals surface area contributed by atoms with Crippen molar-refractivity contribution in [1.82, 2.24) is 14.9 Å². The Morgan fingerprint density at radius 1 is 0.756 bits per heavy atom. The van der Waals surface area contributed by atoms with E-state index in [1.54, 1.807) is 36.5 Å². The molecule has 1 aromatic heterocycles. The average Bonchev–Trinajstić information content (AvgIpc) is 3.45. The van der Waals surface area contributed by atoms with Crippen LogP contribution in [-0.4, -0.2) is 52.0 Å². The standard InChI is InChI=1S/C32H25N3O6/c36-29(41-35-30(37)26-14-5-6-15-27(26)31(35)38)16-18-34(19-21-9-7-8-17-33-21)32(39)40-20-28-24-12-3-1-10-22(24)23-11-2-4-13-25(23)28/h1-15,17,28H,16,18-20H2. The maximum Gasteiger partial charge on any atom is 0.410 e. The first-order valence-corrected chi connectivity index (χ1v) is 13.2. The zero-order chi connectivity index (χ0) is 28.3. The lowest BCUT2D eigenvalue weighted by Crippen LogP contribution is -2.36. The smallest absolute Gasteiger partial charge is 0.410 e. The molecule has 4 aromatic rings. The Hall–Kier alpha value is -5.31. The van der Waals surface area contributed by atoms with Crippen LogP contribution in [0.15, 0.2) is 97.2 Å². The van der Waals surface area contributed by atoms with Gasteiger partial charge in [-0.05, 0) is 46.5 Å². The molecule has 9 heteroatoms. The van der Waals surface area contributed by atoms with Gasteiger partial charge in [0.2, 0.25) is 0 Å². The number of carbonyl (C=O) groups is 4. The fourth-order valence-electron chi connectivity index (χ4n) is 5.23. The molecular formula is C32H25N3O6. The number of rotatable bonds is 8. The van der Waals surface area contributed by atoms with E-state index in [0.717, 1.165) is 22.3 Å². The summed E-state index contributed by atoms with van der Waals surface area (Å²) in [6, 6.07) is 27.7. The molecule has 0 fully saturated rings. The predicted octanol–water partition coefficient (Wildman–Crippen LogP) is 4.98. The number of aromatic nitrogens is 1. The molecule has 0 spiro atoms. The van der Waals surface area contributed by atoms with Crippen LogP contribution in [0.2, 0.25) is 0 Å². The number of carbonyl (C=O) groups excluding carboxylic acids is 4. The highest BCUT2D eigenvalue weighted by molar-refractivity contribution is 6.20. The van der Waals surface area contributed by atoms with Gasteiger partial charge in [-0.25, -0.2) is 9.59 Å². The third-order valence-electron chi connectivity index (χ3n) is 7.21. The number of imide groups is 1. The van der Waals surface area contributed by atoms with Crippen LogP contribution in [0.5, 0.6) is 0 Å². The number of nitrogens with zero attached hydrogens (tertiary/aromatic N) is 3. The van der Waals surface area contributed by atoms with Crippen LogP contribution < -0.4 is 0 Å². The largest absolute Gasteiger partial charge is 0.448 e. The Bertz CT molecular complexity index is 1570. The second kappa shape index (κ2) is 11.1. The molecule has 41 heavy (non-hydrogen) atoms. The van der Waals surface area contributed by atoms with E-state index < -0.39 is 23.9 Å². The van der Waals surface area contributed by atoms with Crippen molar-refractivity contribution in [2.24, 2.45) is 0 Å². The van der Waals surface area contributed by atoms with Gasteiger partial charge < -0.3 is 14.5 Å². The van der Waals surface area contributed by atoms with E-state index >= 15 is 0 Å². The zero-order valence-electron chi connectivity index (χ0n) is 21.9. The van der Waals surface area contributed by atoms with E-state index in [1.807, 2.05) is 36.4 Å². The topological polar surface area (TPSA) is 106 Å². The Morgan fingerprint density at radius 3 is 1.90 bits per heavy atom. The molecule has 6 rings (SSSR count). The molecule has 0 atom stereocenters. The van der Waals surface area contributed by atoms with Gasteiger partial charge in [-0.2, -0.15) is 0 Å². The molecule has 3 amide bonds. The SMILES string of the molecule is O=C(CCN(Cc1ccccn1)C(=O)OCC1c2ccccc2-c2ccccc21)ON1C(=O)c2ccccc2C1=O. The molecule has 0 saturated heterocycles. The second-order valence-corrected chi connectivity index (χ2v) is 9.71. The highest BCUT2D eigenvalue weighted by Crippen LogP contribution is 2.44. The van der Waals surface area contributed by atoms with Crippen molar-refractivity contribution in [1.29, 1.82) is 0 Å². The molecule has 2 aliphatic rings. The minimum atomic E-state index is -0.836. The van der Waals surface area contributed by atoms with Crippen LogP contribution >= 0.6 is 0 Å². The van der Waals surface area contributed by atoms with Gasteiger partial charge in [0.25, 0.3) is 11.8 Å². The predicted molar refractivity (Wildman–Crippen MR) is 147 cm³/mol. The van der Waals surface area contributed by atoms with Gasteiger partial charge in [0.15, 0.2) is 0 Å². The summed E-state index contributed by atoms with van der Waals surface area (Å²) in [4.78, 5) is 61.9. The number of hydrogen-bond donors (Lipinski definition) is 0. The van der Waals surface area contributed by atoms with Crippen molar-refractivity contribution in [2.45, 2.75) is 18.9 Å². The van der Waals surface area contributed by atoms with Crippen LogP contribution in [0.3, 0.4) is 0 Å². The molecule has 0 bridgehead atoms. The van der Waals surface area contributed by atoms with E-state index in [4.69, 9.17) is 9.57 Å². The summed E-state index contributed by atoms with van der Waals surface area (Å²) in [5.41, 5.74) is 5.34.